The first-order valence-corrected chi connectivity index (χ1v) is 30.9. The van der Waals surface area contributed by atoms with E-state index in [9.17, 15) is 78.7 Å². The fraction of sp³-hybridized carbons (Fsp3) is 0.929. The highest BCUT2D eigenvalue weighted by Gasteiger charge is 2.87. The second kappa shape index (κ2) is 24.4. The number of carbonyl (C=O) groups is 2. The average Bonchev–Trinajstić information content (AvgIpc) is 1.50. The molecule has 3 saturated carbocycles. The Balaban J connectivity index is 0.922. The van der Waals surface area contributed by atoms with Crippen LogP contribution >= 0.6 is 0 Å². The normalized spacial score (nSPS) is 50.1. The molecule has 0 aromatic heterocycles. The number of carbonyl (C=O) groups excluding carboxylic acids is 2. The van der Waals surface area contributed by atoms with E-state index in [1.54, 1.807) is 13.0 Å². The maximum Gasteiger partial charge on any atom is 0.397 e. The molecule has 85 heavy (non-hydrogen) atoms. The Bertz CT molecular complexity index is 2540. The monoisotopic (exact) mass is 1240 g/mol. The van der Waals surface area contributed by atoms with E-state index in [0.717, 1.165) is 5.57 Å². The molecular formula is C56H90O28S. The smallest absolute Gasteiger partial charge is 0.397 e. The molecule has 8 fully saturated rings. The molecule has 488 valence electrons. The lowest BCUT2D eigenvalue weighted by Crippen LogP contribution is -2.69. The lowest BCUT2D eigenvalue weighted by Gasteiger charge is -2.64. The zero-order valence-electron chi connectivity index (χ0n) is 49.6. The predicted molar refractivity (Wildman–Crippen MR) is 285 cm³/mol. The highest BCUT2D eigenvalue weighted by atomic mass is 32.3. The third-order valence-corrected chi connectivity index (χ3v) is 21.7. The van der Waals surface area contributed by atoms with Gasteiger partial charge >= 0.3 is 22.3 Å². The first-order chi connectivity index (χ1) is 39.6. The van der Waals surface area contributed by atoms with Gasteiger partial charge in [-0.25, -0.2) is 4.18 Å². The summed E-state index contributed by atoms with van der Waals surface area (Å²) < 4.78 is 104. The summed E-state index contributed by atoms with van der Waals surface area (Å²) in [5.41, 5.74) is -6.86. The molecule has 1 spiro atoms. The number of aliphatic hydroxyl groups is 11. The molecule has 24 unspecified atom stereocenters. The Morgan fingerprint density at radius 3 is 1.89 bits per heavy atom. The van der Waals surface area contributed by atoms with Crippen LogP contribution in [-0.2, 0) is 76.3 Å². The van der Waals surface area contributed by atoms with Crippen LogP contribution in [0.25, 0.3) is 0 Å². The number of rotatable bonds is 18. The number of allylic oxidation sites excluding steroid dienone is 1. The number of aliphatic hydroxyl groups excluding tert-OH is 10. The summed E-state index contributed by atoms with van der Waals surface area (Å²) in [5.74, 6) is -1.60. The van der Waals surface area contributed by atoms with Gasteiger partial charge in [-0.2, -0.15) is 8.42 Å². The van der Waals surface area contributed by atoms with E-state index in [1.165, 1.54) is 21.0 Å². The minimum Gasteiger partial charge on any atom is -0.458 e. The van der Waals surface area contributed by atoms with Gasteiger partial charge in [-0.05, 0) is 99.2 Å². The van der Waals surface area contributed by atoms with Crippen LogP contribution < -0.4 is 0 Å². The van der Waals surface area contributed by atoms with Crippen molar-refractivity contribution in [3.63, 3.8) is 0 Å². The van der Waals surface area contributed by atoms with Gasteiger partial charge in [0, 0.05) is 14.0 Å². The Hall–Kier alpha value is -2.25. The summed E-state index contributed by atoms with van der Waals surface area (Å²) in [7, 11) is -4.04. The minimum absolute atomic E-state index is 0.0963. The predicted octanol–water partition coefficient (Wildman–Crippen LogP) is -1.85. The van der Waals surface area contributed by atoms with Gasteiger partial charge in [0.2, 0.25) is 0 Å². The Morgan fingerprint density at radius 2 is 1.31 bits per heavy atom. The molecule has 5 heterocycles. The highest BCUT2D eigenvalue weighted by Crippen LogP contribution is 2.77. The second-order valence-electron chi connectivity index (χ2n) is 26.7. The van der Waals surface area contributed by atoms with Crippen LogP contribution in [0, 0.1) is 39.4 Å². The van der Waals surface area contributed by atoms with Crippen LogP contribution in [0.15, 0.2) is 11.6 Å². The molecule has 12 N–H and O–H groups in total. The van der Waals surface area contributed by atoms with Crippen LogP contribution in [0.4, 0.5) is 0 Å². The fourth-order valence-electron chi connectivity index (χ4n) is 16.7. The number of fused-ring (bicyclic) bond motifs is 4. The zero-order valence-corrected chi connectivity index (χ0v) is 50.4. The molecule has 28 nitrogen and oxygen atoms in total. The van der Waals surface area contributed by atoms with Crippen molar-refractivity contribution in [1.82, 2.24) is 0 Å². The first kappa shape index (κ1) is 67.2. The van der Waals surface area contributed by atoms with Crippen molar-refractivity contribution in [3.8, 4) is 0 Å². The number of hydrogen-bond acceptors (Lipinski definition) is 27. The van der Waals surface area contributed by atoms with E-state index in [-0.39, 0.29) is 24.2 Å². The van der Waals surface area contributed by atoms with Crippen LogP contribution in [0.2, 0.25) is 0 Å². The first-order valence-electron chi connectivity index (χ1n) is 29.5. The third kappa shape index (κ3) is 11.1. The summed E-state index contributed by atoms with van der Waals surface area (Å²) in [6, 6.07) is 0. The molecule has 0 aromatic rings. The Morgan fingerprint density at radius 1 is 0.718 bits per heavy atom. The van der Waals surface area contributed by atoms with Crippen molar-refractivity contribution in [2.75, 3.05) is 26.9 Å². The van der Waals surface area contributed by atoms with Gasteiger partial charge in [0.25, 0.3) is 0 Å². The van der Waals surface area contributed by atoms with E-state index < -0.39 is 210 Å². The number of ether oxygens (including phenoxy) is 11. The summed E-state index contributed by atoms with van der Waals surface area (Å²) in [6.07, 6.45) is -30.7. The van der Waals surface area contributed by atoms with Gasteiger partial charge in [-0.3, -0.25) is 14.1 Å². The summed E-state index contributed by atoms with van der Waals surface area (Å²) in [4.78, 5) is 27.4. The Kier molecular flexibility index (Phi) is 19.3. The quantitative estimate of drug-likeness (QED) is 0.0310. The molecule has 0 amide bonds. The maximum atomic E-state index is 14.8. The van der Waals surface area contributed by atoms with Gasteiger partial charge in [-0.15, -0.1) is 0 Å². The van der Waals surface area contributed by atoms with Gasteiger partial charge in [0.05, 0.1) is 38.1 Å². The van der Waals surface area contributed by atoms with Gasteiger partial charge in [0.1, 0.15) is 103 Å². The molecule has 0 aromatic carbocycles. The number of esters is 2. The maximum absolute atomic E-state index is 14.8. The largest absolute Gasteiger partial charge is 0.458 e. The van der Waals surface area contributed by atoms with Crippen molar-refractivity contribution < 1.29 is 135 Å². The Labute approximate surface area is 493 Å². The van der Waals surface area contributed by atoms with E-state index in [2.05, 4.69) is 6.92 Å². The molecule has 0 bridgehead atoms. The molecule has 5 saturated heterocycles. The van der Waals surface area contributed by atoms with Crippen molar-refractivity contribution in [2.24, 2.45) is 39.4 Å². The van der Waals surface area contributed by atoms with Crippen LogP contribution in [0.3, 0.4) is 0 Å². The third-order valence-electron chi connectivity index (χ3n) is 21.2. The van der Waals surface area contributed by atoms with Crippen LogP contribution in [-0.4, -0.2) is 254 Å². The van der Waals surface area contributed by atoms with Crippen molar-refractivity contribution in [3.05, 3.63) is 11.6 Å². The summed E-state index contributed by atoms with van der Waals surface area (Å²) >= 11 is 0. The molecule has 5 aliphatic heterocycles. The molecular weight excluding hydrogens is 1150 g/mol. The van der Waals surface area contributed by atoms with E-state index >= 15 is 0 Å². The van der Waals surface area contributed by atoms with E-state index in [4.69, 9.17) is 56.3 Å². The zero-order chi connectivity index (χ0) is 62.6. The average molecular weight is 1240 g/mol. The standard InChI is InChI=1S/C56H90O28S/c1-23(2)11-14-34(76-25(4)59)54(9)55(69)18-17-53(8)26-12-13-31-51(5,6)33(15-16-52(31,7)27(26)19-32(60)56(53,55)50(68)83-54)79-49-45(37(63)30(22-74-49)84-85(70,71)72)82-46-39(65)38(64)42(24(3)75-46)80-48-41(67)44(36(62)29(21-58)78-48)81-47-40(66)43(73-10)35(61)28(20-57)77-47/h19,23-24,26,28-49,57-58,60-67,69H,11-18,20-22H2,1-10H3,(H,70,71,72)/t24?,26-,28?,29?,30?,31?,32?,33?,34?,35?,36?,37?,38?,39?,40?,41?,42?,43?,44?,45?,46?,47?,48?,49?,52-,53+,54+,55+,56?/m1/s1. The van der Waals surface area contributed by atoms with Gasteiger partial charge in [0.15, 0.2) is 30.8 Å². The molecule has 29 atom stereocenters. The highest BCUT2D eigenvalue weighted by molar-refractivity contribution is 7.80. The van der Waals surface area contributed by atoms with Crippen molar-refractivity contribution in [2.45, 2.75) is 260 Å². The summed E-state index contributed by atoms with van der Waals surface area (Å²) in [5, 5.41) is 125. The van der Waals surface area contributed by atoms with E-state index in [0.29, 0.717) is 44.9 Å². The molecule has 4 aliphatic carbocycles. The second-order valence-corrected chi connectivity index (χ2v) is 27.7. The van der Waals surface area contributed by atoms with Gasteiger partial charge in [-0.1, -0.05) is 53.2 Å². The van der Waals surface area contributed by atoms with Crippen molar-refractivity contribution >= 4 is 22.3 Å². The molecule has 29 heteroatoms. The minimum atomic E-state index is -5.21. The number of hydrogen-bond donors (Lipinski definition) is 12. The lowest BCUT2D eigenvalue weighted by molar-refractivity contribution is -0.389. The number of methoxy groups -OCH3 is 1. The van der Waals surface area contributed by atoms with Crippen molar-refractivity contribution in [1.29, 1.82) is 0 Å². The topological polar surface area (TPSA) is 422 Å². The molecule has 9 rings (SSSR count). The van der Waals surface area contributed by atoms with Crippen LogP contribution in [0.1, 0.15) is 114 Å². The molecule has 0 radical (unpaired) electrons. The molecule has 9 aliphatic rings. The van der Waals surface area contributed by atoms with E-state index in [1.807, 2.05) is 34.6 Å². The van der Waals surface area contributed by atoms with Crippen LogP contribution in [0.5, 0.6) is 0 Å². The fourth-order valence-corrected chi connectivity index (χ4v) is 17.2. The summed E-state index contributed by atoms with van der Waals surface area (Å²) in [6.45, 7) is 14.1. The van der Waals surface area contributed by atoms with Gasteiger partial charge < -0.3 is 108 Å². The number of cyclic esters (lactones) is 1. The lowest BCUT2D eigenvalue weighted by atomic mass is 9.40. The SMILES string of the molecule is COC1C(O)C(CO)OC(OC2C(O)C(CO)OC(OC3C(C)OC(OC4C(OC5CC[C@]6(C)C7=CC(O)C89C(=O)O[C@@](C)(C(CCC(C)C)OC(C)=O)[C@@]8(O)CC[C@@]9(C)[C@@H]7CCC6C5(C)C)OCC(OS(=O)(=O)O)C4O)C(O)C3O)C2O)C1O.